The van der Waals surface area contributed by atoms with Crippen molar-refractivity contribution in [2.45, 2.75) is 53.0 Å². The molecule has 0 amide bonds. The molecule has 11 heteroatoms. The molecule has 0 saturated carbocycles. The van der Waals surface area contributed by atoms with Crippen LogP contribution in [0.5, 0.6) is 5.75 Å². The third-order valence-corrected chi connectivity index (χ3v) is 5.39. The van der Waals surface area contributed by atoms with Gasteiger partial charge in [-0.05, 0) is 61.3 Å². The molecule has 150 valence electrons. The molecule has 1 aromatic rings. The number of benzene rings is 1. The van der Waals surface area contributed by atoms with E-state index in [0.29, 0.717) is 44.1 Å². The SMILES string of the molecule is O[Si](O)(O)Oc1ccc(CCC(Cl)Cl)c(CCC(Cl)Cl)c1CCC(Cl)Cl. The molecule has 0 heterocycles. The van der Waals surface area contributed by atoms with Crippen LogP contribution in [-0.2, 0) is 19.3 Å². The van der Waals surface area contributed by atoms with Crippen molar-refractivity contribution in [3.05, 3.63) is 28.8 Å². The summed E-state index contributed by atoms with van der Waals surface area (Å²) in [6.45, 7) is 0. The normalized spacial score (nSPS) is 12.5. The van der Waals surface area contributed by atoms with E-state index in [0.717, 1.165) is 11.1 Å². The van der Waals surface area contributed by atoms with E-state index in [9.17, 15) is 14.4 Å². The third kappa shape index (κ3) is 9.87. The van der Waals surface area contributed by atoms with Gasteiger partial charge < -0.3 is 18.8 Å². The summed E-state index contributed by atoms with van der Waals surface area (Å²) >= 11 is 35.1. The molecular weight excluding hydrogens is 485 g/mol. The molecular formula is C15H20Cl6O4Si. The maximum atomic E-state index is 9.33. The van der Waals surface area contributed by atoms with E-state index in [4.69, 9.17) is 74.0 Å². The van der Waals surface area contributed by atoms with Crippen molar-refractivity contribution in [1.29, 1.82) is 0 Å². The molecule has 0 unspecified atom stereocenters. The van der Waals surface area contributed by atoms with Crippen molar-refractivity contribution < 1.29 is 18.8 Å². The molecule has 1 rings (SSSR count). The topological polar surface area (TPSA) is 69.9 Å². The molecule has 0 bridgehead atoms. The second kappa shape index (κ2) is 11.8. The Morgan fingerprint density at radius 2 is 1.19 bits per heavy atom. The Bertz CT molecular complexity index is 566. The number of hydrogen-bond acceptors (Lipinski definition) is 4. The Balaban J connectivity index is 3.30. The van der Waals surface area contributed by atoms with Crippen LogP contribution < -0.4 is 4.43 Å². The predicted molar refractivity (Wildman–Crippen MR) is 111 cm³/mol. The first kappa shape index (κ1) is 24.9. The standard InChI is InChI=1S/C15H20Cl6O4Si/c16-13(17)6-2-9-1-5-12(25-26(22,23)24)11(4-8-15(20)21)10(9)3-7-14(18)19/h1,5,13-15,22-24H,2-4,6-8H2. The maximum absolute atomic E-state index is 9.33. The molecule has 0 radical (unpaired) electrons. The van der Waals surface area contributed by atoms with Gasteiger partial charge >= 0.3 is 9.05 Å². The largest absolute Gasteiger partial charge is 0.741 e. The lowest BCUT2D eigenvalue weighted by molar-refractivity contribution is 0.128. The number of halogens is 6. The van der Waals surface area contributed by atoms with Crippen LogP contribution in [0.25, 0.3) is 0 Å². The van der Waals surface area contributed by atoms with Crippen molar-refractivity contribution in [1.82, 2.24) is 0 Å². The first-order valence-electron chi connectivity index (χ1n) is 7.83. The Hall–Kier alpha value is 0.857. The summed E-state index contributed by atoms with van der Waals surface area (Å²) in [5.74, 6) is 0.158. The first-order valence-corrected chi connectivity index (χ1v) is 12.2. The van der Waals surface area contributed by atoms with Gasteiger partial charge in [-0.15, -0.1) is 69.6 Å². The summed E-state index contributed by atoms with van der Waals surface area (Å²) < 4.78 is 4.99. The quantitative estimate of drug-likeness (QED) is 0.302. The monoisotopic (exact) mass is 502 g/mol. The molecule has 0 saturated heterocycles. The summed E-state index contributed by atoms with van der Waals surface area (Å²) in [5, 5.41) is 0. The number of alkyl halides is 6. The third-order valence-electron chi connectivity index (χ3n) is 3.59. The average molecular weight is 505 g/mol. The van der Waals surface area contributed by atoms with Crippen molar-refractivity contribution in [3.63, 3.8) is 0 Å². The lowest BCUT2D eigenvalue weighted by Gasteiger charge is -2.22. The van der Waals surface area contributed by atoms with Gasteiger partial charge in [0.05, 0.1) is 0 Å². The minimum Gasteiger partial charge on any atom is -0.480 e. The fourth-order valence-electron chi connectivity index (χ4n) is 2.55. The maximum Gasteiger partial charge on any atom is 0.741 e. The highest BCUT2D eigenvalue weighted by Crippen LogP contribution is 2.32. The lowest BCUT2D eigenvalue weighted by atomic mass is 9.91. The van der Waals surface area contributed by atoms with Crippen LogP contribution in [0.3, 0.4) is 0 Å². The second-order valence-corrected chi connectivity index (χ2v) is 10.8. The molecule has 3 N–H and O–H groups in total. The summed E-state index contributed by atoms with van der Waals surface area (Å²) in [6.07, 6.45) is 2.93. The lowest BCUT2D eigenvalue weighted by Crippen LogP contribution is -2.42. The van der Waals surface area contributed by atoms with E-state index in [2.05, 4.69) is 0 Å². The fourth-order valence-corrected chi connectivity index (χ4v) is 3.70. The van der Waals surface area contributed by atoms with Crippen molar-refractivity contribution in [2.75, 3.05) is 0 Å². The van der Waals surface area contributed by atoms with Gasteiger partial charge in [0.1, 0.15) is 20.3 Å². The molecule has 0 aliphatic heterocycles. The fraction of sp³-hybridized carbons (Fsp3) is 0.600. The zero-order chi connectivity index (χ0) is 19.9. The van der Waals surface area contributed by atoms with Crippen LogP contribution in [0, 0.1) is 0 Å². The van der Waals surface area contributed by atoms with Gasteiger partial charge in [0.25, 0.3) is 0 Å². The summed E-state index contributed by atoms with van der Waals surface area (Å²) in [5.41, 5.74) is 2.49. The van der Waals surface area contributed by atoms with Crippen LogP contribution in [0.4, 0.5) is 0 Å². The van der Waals surface area contributed by atoms with Crippen LogP contribution in [-0.4, -0.2) is 37.9 Å². The molecule has 0 fully saturated rings. The van der Waals surface area contributed by atoms with Gasteiger partial charge in [0.2, 0.25) is 0 Å². The zero-order valence-electron chi connectivity index (χ0n) is 13.6. The molecule has 0 aromatic heterocycles. The zero-order valence-corrected chi connectivity index (χ0v) is 19.2. The summed E-state index contributed by atoms with van der Waals surface area (Å²) in [6, 6.07) is 3.33. The highest BCUT2D eigenvalue weighted by Gasteiger charge is 2.35. The molecule has 0 aliphatic carbocycles. The van der Waals surface area contributed by atoms with Crippen molar-refractivity contribution in [3.8, 4) is 5.75 Å². The van der Waals surface area contributed by atoms with E-state index < -0.39 is 23.6 Å². The van der Waals surface area contributed by atoms with Crippen LogP contribution >= 0.6 is 69.6 Å². The highest BCUT2D eigenvalue weighted by atomic mass is 35.5. The van der Waals surface area contributed by atoms with Crippen molar-refractivity contribution >= 4 is 78.7 Å². The summed E-state index contributed by atoms with van der Waals surface area (Å²) in [4.78, 5) is 26.3. The molecule has 0 atom stereocenters. The van der Waals surface area contributed by atoms with Crippen molar-refractivity contribution in [2.24, 2.45) is 0 Å². The highest BCUT2D eigenvalue weighted by molar-refractivity contribution is 6.49. The van der Waals surface area contributed by atoms with E-state index in [1.807, 2.05) is 0 Å². The number of hydrogen-bond donors (Lipinski definition) is 3. The van der Waals surface area contributed by atoms with Crippen LogP contribution in [0.2, 0.25) is 0 Å². The molecule has 26 heavy (non-hydrogen) atoms. The van der Waals surface area contributed by atoms with Gasteiger partial charge in [-0.1, -0.05) is 6.07 Å². The molecule has 0 aliphatic rings. The smallest absolute Gasteiger partial charge is 0.480 e. The average Bonchev–Trinajstić information content (AvgIpc) is 2.48. The Morgan fingerprint density at radius 1 is 0.731 bits per heavy atom. The van der Waals surface area contributed by atoms with Gasteiger partial charge in [-0.3, -0.25) is 0 Å². The molecule has 1 aromatic carbocycles. The van der Waals surface area contributed by atoms with Gasteiger partial charge in [0.15, 0.2) is 0 Å². The van der Waals surface area contributed by atoms with Gasteiger partial charge in [0, 0.05) is 0 Å². The molecule has 4 nitrogen and oxygen atoms in total. The van der Waals surface area contributed by atoms with Crippen LogP contribution in [0.1, 0.15) is 36.0 Å². The number of aryl methyl sites for hydroxylation is 1. The second-order valence-electron chi connectivity index (χ2n) is 5.65. The Kier molecular flexibility index (Phi) is 11.3. The molecule has 0 spiro atoms. The Labute approximate surface area is 184 Å². The van der Waals surface area contributed by atoms with E-state index >= 15 is 0 Å². The minimum atomic E-state index is -4.77. The van der Waals surface area contributed by atoms with Gasteiger partial charge in [-0.25, -0.2) is 0 Å². The van der Waals surface area contributed by atoms with E-state index in [1.54, 1.807) is 12.1 Å². The number of rotatable bonds is 11. The van der Waals surface area contributed by atoms with E-state index in [1.165, 1.54) is 0 Å². The summed E-state index contributed by atoms with van der Waals surface area (Å²) in [7, 11) is -4.77. The van der Waals surface area contributed by atoms with Crippen LogP contribution in [0.15, 0.2) is 12.1 Å². The Morgan fingerprint density at radius 3 is 1.65 bits per heavy atom. The first-order chi connectivity index (χ1) is 12.0. The van der Waals surface area contributed by atoms with E-state index in [-0.39, 0.29) is 5.75 Å². The minimum absolute atomic E-state index is 0.158. The van der Waals surface area contributed by atoms with Gasteiger partial charge in [-0.2, -0.15) is 0 Å². The predicted octanol–water partition coefficient (Wildman–Crippen LogP) is 4.69.